The van der Waals surface area contributed by atoms with Crippen LogP contribution in [0.25, 0.3) is 0 Å². The highest BCUT2D eigenvalue weighted by atomic mass is 15.1. The molecule has 0 heterocycles. The molecule has 0 aromatic rings. The van der Waals surface area contributed by atoms with Gasteiger partial charge in [-0.15, -0.1) is 0 Å². The molecule has 1 aliphatic carbocycles. The first-order valence-corrected chi connectivity index (χ1v) is 5.90. The molecule has 0 aliphatic heterocycles. The van der Waals surface area contributed by atoms with E-state index in [9.17, 15) is 0 Å². The van der Waals surface area contributed by atoms with Crippen molar-refractivity contribution in [3.63, 3.8) is 0 Å². The third-order valence-corrected chi connectivity index (χ3v) is 4.17. The number of rotatable bonds is 4. The molecule has 0 saturated heterocycles. The van der Waals surface area contributed by atoms with E-state index in [-0.39, 0.29) is 0 Å². The lowest BCUT2D eigenvalue weighted by molar-refractivity contribution is 0.222. The average molecular weight is 198 g/mol. The molecule has 0 aromatic heterocycles. The van der Waals surface area contributed by atoms with Gasteiger partial charge in [0.05, 0.1) is 0 Å². The van der Waals surface area contributed by atoms with E-state index >= 15 is 0 Å². The van der Waals surface area contributed by atoms with Gasteiger partial charge in [0.1, 0.15) is 0 Å². The van der Waals surface area contributed by atoms with Gasteiger partial charge in [-0.25, -0.2) is 0 Å². The van der Waals surface area contributed by atoms with Crippen LogP contribution in [0.5, 0.6) is 0 Å². The molecule has 0 aromatic carbocycles. The second-order valence-electron chi connectivity index (χ2n) is 5.11. The Morgan fingerprint density at radius 3 is 2.21 bits per heavy atom. The van der Waals surface area contributed by atoms with Crippen molar-refractivity contribution in [2.24, 2.45) is 11.8 Å². The molecule has 84 valence electrons. The first-order valence-electron chi connectivity index (χ1n) is 5.90. The van der Waals surface area contributed by atoms with E-state index in [2.05, 4.69) is 45.2 Å². The smallest absolute Gasteiger partial charge is 0.00892 e. The summed E-state index contributed by atoms with van der Waals surface area (Å²) >= 11 is 0. The summed E-state index contributed by atoms with van der Waals surface area (Å²) in [5.41, 5.74) is 0. The van der Waals surface area contributed by atoms with Crippen molar-refractivity contribution in [1.82, 2.24) is 10.2 Å². The number of nitrogens with zero attached hydrogens (tertiary/aromatic N) is 1. The van der Waals surface area contributed by atoms with E-state index in [0.717, 1.165) is 17.9 Å². The summed E-state index contributed by atoms with van der Waals surface area (Å²) < 4.78 is 0. The standard InChI is InChI=1S/C12H26N2/c1-9(13-3)11-6-7-12(8-11)10(2)14(4)5/h9-13H,6-8H2,1-5H3. The van der Waals surface area contributed by atoms with Gasteiger partial charge in [-0.2, -0.15) is 0 Å². The lowest BCUT2D eigenvalue weighted by Crippen LogP contribution is -2.33. The molecule has 4 atom stereocenters. The fraction of sp³-hybridized carbons (Fsp3) is 1.00. The summed E-state index contributed by atoms with van der Waals surface area (Å²) in [5, 5.41) is 3.38. The predicted octanol–water partition coefficient (Wildman–Crippen LogP) is 1.96. The van der Waals surface area contributed by atoms with Gasteiger partial charge in [0, 0.05) is 12.1 Å². The first kappa shape index (κ1) is 12.0. The molecule has 1 fully saturated rings. The predicted molar refractivity (Wildman–Crippen MR) is 62.5 cm³/mol. The molecule has 1 saturated carbocycles. The van der Waals surface area contributed by atoms with Gasteiger partial charge in [-0.1, -0.05) is 0 Å². The monoisotopic (exact) mass is 198 g/mol. The average Bonchev–Trinajstić information content (AvgIpc) is 2.64. The van der Waals surface area contributed by atoms with Gasteiger partial charge in [0.2, 0.25) is 0 Å². The van der Waals surface area contributed by atoms with Crippen LogP contribution in [0.15, 0.2) is 0 Å². The third-order valence-electron chi connectivity index (χ3n) is 4.17. The summed E-state index contributed by atoms with van der Waals surface area (Å²) in [5.74, 6) is 1.80. The van der Waals surface area contributed by atoms with E-state index in [0.29, 0.717) is 6.04 Å². The second-order valence-corrected chi connectivity index (χ2v) is 5.11. The Morgan fingerprint density at radius 1 is 1.14 bits per heavy atom. The highest BCUT2D eigenvalue weighted by Crippen LogP contribution is 2.35. The number of hydrogen-bond acceptors (Lipinski definition) is 2. The molecular weight excluding hydrogens is 172 g/mol. The van der Waals surface area contributed by atoms with Gasteiger partial charge >= 0.3 is 0 Å². The van der Waals surface area contributed by atoms with Crippen LogP contribution in [0.3, 0.4) is 0 Å². The zero-order chi connectivity index (χ0) is 10.7. The summed E-state index contributed by atoms with van der Waals surface area (Å²) in [6.07, 6.45) is 4.22. The second kappa shape index (κ2) is 5.13. The van der Waals surface area contributed by atoms with Crippen LogP contribution in [0, 0.1) is 11.8 Å². The zero-order valence-corrected chi connectivity index (χ0v) is 10.4. The van der Waals surface area contributed by atoms with Gasteiger partial charge in [-0.3, -0.25) is 0 Å². The molecule has 1 N–H and O–H groups in total. The summed E-state index contributed by atoms with van der Waals surface area (Å²) in [4.78, 5) is 2.36. The van der Waals surface area contributed by atoms with Gasteiger partial charge in [0.25, 0.3) is 0 Å². The van der Waals surface area contributed by atoms with Crippen molar-refractivity contribution in [3.05, 3.63) is 0 Å². The fourth-order valence-corrected chi connectivity index (χ4v) is 2.60. The highest BCUT2D eigenvalue weighted by molar-refractivity contribution is 4.86. The molecule has 0 amide bonds. The van der Waals surface area contributed by atoms with Gasteiger partial charge in [-0.05, 0) is 66.1 Å². The van der Waals surface area contributed by atoms with Crippen LogP contribution in [-0.2, 0) is 0 Å². The van der Waals surface area contributed by atoms with Crippen LogP contribution < -0.4 is 5.32 Å². The topological polar surface area (TPSA) is 15.3 Å². The molecule has 0 radical (unpaired) electrons. The summed E-state index contributed by atoms with van der Waals surface area (Å²) in [6.45, 7) is 4.67. The Bertz CT molecular complexity index is 168. The van der Waals surface area contributed by atoms with Crippen molar-refractivity contribution in [1.29, 1.82) is 0 Å². The molecule has 1 rings (SSSR count). The summed E-state index contributed by atoms with van der Waals surface area (Å²) in [6, 6.07) is 1.43. The van der Waals surface area contributed by atoms with E-state index < -0.39 is 0 Å². The zero-order valence-electron chi connectivity index (χ0n) is 10.4. The van der Waals surface area contributed by atoms with Crippen molar-refractivity contribution >= 4 is 0 Å². The van der Waals surface area contributed by atoms with E-state index in [1.165, 1.54) is 19.3 Å². The third kappa shape index (κ3) is 2.71. The Labute approximate surface area is 89.1 Å². The minimum Gasteiger partial charge on any atom is -0.317 e. The van der Waals surface area contributed by atoms with E-state index in [1.54, 1.807) is 0 Å². The maximum atomic E-state index is 3.38. The molecule has 4 unspecified atom stereocenters. The molecule has 0 spiro atoms. The first-order chi connectivity index (χ1) is 6.56. The molecule has 14 heavy (non-hydrogen) atoms. The molecule has 2 nitrogen and oxygen atoms in total. The van der Waals surface area contributed by atoms with Crippen molar-refractivity contribution in [2.75, 3.05) is 21.1 Å². The van der Waals surface area contributed by atoms with Crippen LogP contribution in [0.4, 0.5) is 0 Å². The Balaban J connectivity index is 2.41. The fourth-order valence-electron chi connectivity index (χ4n) is 2.60. The SMILES string of the molecule is CNC(C)C1CCC(C(C)N(C)C)C1. The van der Waals surface area contributed by atoms with Crippen LogP contribution in [-0.4, -0.2) is 38.1 Å². The van der Waals surface area contributed by atoms with Crippen LogP contribution >= 0.6 is 0 Å². The van der Waals surface area contributed by atoms with E-state index in [4.69, 9.17) is 0 Å². The lowest BCUT2D eigenvalue weighted by Gasteiger charge is -2.27. The van der Waals surface area contributed by atoms with Crippen molar-refractivity contribution in [3.8, 4) is 0 Å². The normalized spacial score (nSPS) is 32.1. The van der Waals surface area contributed by atoms with Crippen molar-refractivity contribution < 1.29 is 0 Å². The number of nitrogens with one attached hydrogen (secondary N) is 1. The van der Waals surface area contributed by atoms with Crippen LogP contribution in [0.1, 0.15) is 33.1 Å². The number of hydrogen-bond donors (Lipinski definition) is 1. The quantitative estimate of drug-likeness (QED) is 0.743. The maximum absolute atomic E-state index is 3.38. The molecule has 2 heteroatoms. The minimum atomic E-state index is 0.689. The largest absolute Gasteiger partial charge is 0.317 e. The molecular formula is C12H26N2. The Hall–Kier alpha value is -0.0800. The summed E-state index contributed by atoms with van der Waals surface area (Å²) in [7, 11) is 6.46. The minimum absolute atomic E-state index is 0.689. The lowest BCUT2D eigenvalue weighted by atomic mass is 9.94. The van der Waals surface area contributed by atoms with Gasteiger partial charge < -0.3 is 10.2 Å². The van der Waals surface area contributed by atoms with Crippen molar-refractivity contribution in [2.45, 2.75) is 45.2 Å². The van der Waals surface area contributed by atoms with E-state index in [1.807, 2.05) is 0 Å². The van der Waals surface area contributed by atoms with Gasteiger partial charge in [0.15, 0.2) is 0 Å². The molecule has 0 bridgehead atoms. The Morgan fingerprint density at radius 2 is 1.71 bits per heavy atom. The highest BCUT2D eigenvalue weighted by Gasteiger charge is 2.31. The maximum Gasteiger partial charge on any atom is 0.00892 e. The Kier molecular flexibility index (Phi) is 4.39. The molecule has 1 aliphatic rings. The van der Waals surface area contributed by atoms with Crippen LogP contribution in [0.2, 0.25) is 0 Å².